The van der Waals surface area contributed by atoms with Crippen LogP contribution in [0.1, 0.15) is 21.1 Å². The Kier molecular flexibility index (Phi) is 3.94. The van der Waals surface area contributed by atoms with Gasteiger partial charge in [-0.1, -0.05) is 0 Å². The first-order valence-electron chi connectivity index (χ1n) is 6.77. The zero-order valence-electron chi connectivity index (χ0n) is 11.6. The highest BCUT2D eigenvalue weighted by Crippen LogP contribution is 2.24. The molecule has 1 amide bonds. The van der Waals surface area contributed by atoms with Gasteiger partial charge >= 0.3 is 0 Å². The number of thiazole rings is 1. The maximum Gasteiger partial charge on any atom is 0.265 e. The number of hydrogen-bond donors (Lipinski definition) is 1. The molecule has 1 N–H and O–H groups in total. The Bertz CT molecular complexity index is 631. The van der Waals surface area contributed by atoms with Crippen LogP contribution in [0.2, 0.25) is 0 Å². The zero-order valence-corrected chi connectivity index (χ0v) is 12.5. The van der Waals surface area contributed by atoms with Crippen molar-refractivity contribution in [2.45, 2.75) is 19.4 Å². The molecule has 7 heteroatoms. The summed E-state index contributed by atoms with van der Waals surface area (Å²) >= 11 is 1.34. The van der Waals surface area contributed by atoms with E-state index < -0.39 is 6.10 Å². The van der Waals surface area contributed by atoms with Crippen molar-refractivity contribution in [1.29, 1.82) is 0 Å². The van der Waals surface area contributed by atoms with Crippen LogP contribution in [0.25, 0.3) is 0 Å². The number of aryl methyl sites for hydroxylation is 1. The lowest BCUT2D eigenvalue weighted by Crippen LogP contribution is -2.29. The summed E-state index contributed by atoms with van der Waals surface area (Å²) in [4.78, 5) is 27.1. The first kappa shape index (κ1) is 14.1. The number of aliphatic hydroxyl groups is 1. The molecule has 0 bridgehead atoms. The third-order valence-electron chi connectivity index (χ3n) is 3.72. The Morgan fingerprint density at radius 3 is 2.95 bits per heavy atom. The molecule has 0 aromatic carbocycles. The fourth-order valence-electron chi connectivity index (χ4n) is 2.58. The SMILES string of the molecule is Cc1ncsc1C(=O)N1C[C@@H](Cc2cnccn2)[C@H](O)C1. The second kappa shape index (κ2) is 5.87. The maximum absolute atomic E-state index is 12.4. The number of rotatable bonds is 3. The van der Waals surface area contributed by atoms with Crippen LogP contribution in [0.3, 0.4) is 0 Å². The molecule has 2 aromatic heterocycles. The van der Waals surface area contributed by atoms with Crippen molar-refractivity contribution < 1.29 is 9.90 Å². The molecular formula is C14H16N4O2S. The highest BCUT2D eigenvalue weighted by molar-refractivity contribution is 7.11. The van der Waals surface area contributed by atoms with E-state index in [1.165, 1.54) is 11.3 Å². The number of nitrogens with zero attached hydrogens (tertiary/aromatic N) is 4. The van der Waals surface area contributed by atoms with Crippen molar-refractivity contribution in [2.24, 2.45) is 5.92 Å². The molecule has 3 heterocycles. The summed E-state index contributed by atoms with van der Waals surface area (Å²) in [6.07, 6.45) is 5.06. The fraction of sp³-hybridized carbons (Fsp3) is 0.429. The Morgan fingerprint density at radius 1 is 1.43 bits per heavy atom. The average Bonchev–Trinajstić information content (AvgIpc) is 3.06. The van der Waals surface area contributed by atoms with Gasteiger partial charge in [0.05, 0.1) is 23.0 Å². The first-order chi connectivity index (χ1) is 10.1. The van der Waals surface area contributed by atoms with E-state index in [1.807, 2.05) is 6.92 Å². The largest absolute Gasteiger partial charge is 0.391 e. The fourth-order valence-corrected chi connectivity index (χ4v) is 3.34. The van der Waals surface area contributed by atoms with E-state index in [9.17, 15) is 9.90 Å². The summed E-state index contributed by atoms with van der Waals surface area (Å²) in [5.41, 5.74) is 3.26. The number of likely N-dealkylation sites (tertiary alicyclic amines) is 1. The van der Waals surface area contributed by atoms with Crippen molar-refractivity contribution in [3.05, 3.63) is 40.4 Å². The zero-order chi connectivity index (χ0) is 14.8. The molecule has 21 heavy (non-hydrogen) atoms. The molecule has 1 aliphatic rings. The number of aliphatic hydroxyl groups excluding tert-OH is 1. The van der Waals surface area contributed by atoms with Crippen molar-refractivity contribution in [3.8, 4) is 0 Å². The summed E-state index contributed by atoms with van der Waals surface area (Å²) in [6.45, 7) is 2.72. The number of aromatic nitrogens is 3. The van der Waals surface area contributed by atoms with Crippen molar-refractivity contribution in [1.82, 2.24) is 19.9 Å². The molecule has 0 saturated carbocycles. The van der Waals surface area contributed by atoms with Crippen LogP contribution in [0.4, 0.5) is 0 Å². The van der Waals surface area contributed by atoms with Gasteiger partial charge in [-0.3, -0.25) is 14.8 Å². The second-order valence-corrected chi connectivity index (χ2v) is 6.06. The molecule has 6 nitrogen and oxygen atoms in total. The highest BCUT2D eigenvalue weighted by Gasteiger charge is 2.35. The molecule has 0 unspecified atom stereocenters. The van der Waals surface area contributed by atoms with E-state index in [2.05, 4.69) is 15.0 Å². The van der Waals surface area contributed by atoms with Crippen LogP contribution in [-0.4, -0.2) is 50.1 Å². The molecule has 110 valence electrons. The second-order valence-electron chi connectivity index (χ2n) is 5.21. The molecule has 2 atom stereocenters. The van der Waals surface area contributed by atoms with Crippen LogP contribution in [-0.2, 0) is 6.42 Å². The summed E-state index contributed by atoms with van der Waals surface area (Å²) in [5.74, 6) is -0.0467. The maximum atomic E-state index is 12.4. The molecule has 0 spiro atoms. The van der Waals surface area contributed by atoms with Gasteiger partial charge in [0, 0.05) is 37.6 Å². The summed E-state index contributed by atoms with van der Waals surface area (Å²) in [7, 11) is 0. The molecule has 1 aliphatic heterocycles. The first-order valence-corrected chi connectivity index (χ1v) is 7.65. The van der Waals surface area contributed by atoms with Crippen LogP contribution in [0, 0.1) is 12.8 Å². The van der Waals surface area contributed by atoms with Gasteiger partial charge in [0.25, 0.3) is 5.91 Å². The molecule has 0 aliphatic carbocycles. The minimum Gasteiger partial charge on any atom is -0.391 e. The van der Waals surface area contributed by atoms with Gasteiger partial charge in [-0.15, -0.1) is 11.3 Å². The Hall–Kier alpha value is -1.86. The normalized spacial score (nSPS) is 21.7. The van der Waals surface area contributed by atoms with Crippen LogP contribution >= 0.6 is 11.3 Å². The van der Waals surface area contributed by atoms with Gasteiger partial charge in [-0.25, -0.2) is 4.98 Å². The summed E-state index contributed by atoms with van der Waals surface area (Å²) in [5, 5.41) is 10.2. The molecule has 1 fully saturated rings. The molecule has 1 saturated heterocycles. The molecular weight excluding hydrogens is 288 g/mol. The standard InChI is InChI=1S/C14H16N4O2S/c1-9-13(21-8-17-9)14(20)18-6-10(12(19)7-18)4-11-5-15-2-3-16-11/h2-3,5,8,10,12,19H,4,6-7H2,1H3/t10-,12-/m1/s1. The van der Waals surface area contributed by atoms with E-state index in [4.69, 9.17) is 0 Å². The van der Waals surface area contributed by atoms with Crippen molar-refractivity contribution in [2.75, 3.05) is 13.1 Å². The van der Waals surface area contributed by atoms with Gasteiger partial charge < -0.3 is 10.0 Å². The average molecular weight is 304 g/mol. The third-order valence-corrected chi connectivity index (χ3v) is 4.64. The van der Waals surface area contributed by atoms with Gasteiger partial charge in [0.1, 0.15) is 4.88 Å². The quantitative estimate of drug-likeness (QED) is 0.912. The predicted molar refractivity (Wildman–Crippen MR) is 78.0 cm³/mol. The van der Waals surface area contributed by atoms with Crippen molar-refractivity contribution >= 4 is 17.2 Å². The highest BCUT2D eigenvalue weighted by atomic mass is 32.1. The minimum absolute atomic E-state index is 0.00104. The molecule has 2 aromatic rings. The van der Waals surface area contributed by atoms with E-state index >= 15 is 0 Å². The number of carbonyl (C=O) groups is 1. The lowest BCUT2D eigenvalue weighted by molar-refractivity contribution is 0.0768. The predicted octanol–water partition coefficient (Wildman–Crippen LogP) is 0.917. The van der Waals surface area contributed by atoms with Gasteiger partial charge in [-0.05, 0) is 13.3 Å². The Labute approximate surface area is 126 Å². The van der Waals surface area contributed by atoms with E-state index in [1.54, 1.807) is 29.0 Å². The Morgan fingerprint density at radius 2 is 2.29 bits per heavy atom. The molecule has 0 radical (unpaired) electrons. The van der Waals surface area contributed by atoms with Gasteiger partial charge in [0.2, 0.25) is 0 Å². The van der Waals surface area contributed by atoms with Crippen LogP contribution in [0.5, 0.6) is 0 Å². The Balaban J connectivity index is 1.69. The number of β-amino-alcohol motifs (C(OH)–C–C–N with tert-alkyl or cyclic N) is 1. The van der Waals surface area contributed by atoms with E-state index in [0.717, 1.165) is 11.4 Å². The lowest BCUT2D eigenvalue weighted by Gasteiger charge is -2.15. The molecule has 3 rings (SSSR count). The third kappa shape index (κ3) is 2.93. The van der Waals surface area contributed by atoms with E-state index in [0.29, 0.717) is 24.4 Å². The minimum atomic E-state index is -0.524. The van der Waals surface area contributed by atoms with Gasteiger partial charge in [0.15, 0.2) is 0 Å². The number of hydrogen-bond acceptors (Lipinski definition) is 6. The topological polar surface area (TPSA) is 79.2 Å². The van der Waals surface area contributed by atoms with Crippen LogP contribution < -0.4 is 0 Å². The lowest BCUT2D eigenvalue weighted by atomic mass is 10.0. The van der Waals surface area contributed by atoms with E-state index in [-0.39, 0.29) is 11.8 Å². The smallest absolute Gasteiger partial charge is 0.265 e. The van der Waals surface area contributed by atoms with Crippen LogP contribution in [0.15, 0.2) is 24.1 Å². The van der Waals surface area contributed by atoms with Crippen molar-refractivity contribution in [3.63, 3.8) is 0 Å². The monoisotopic (exact) mass is 304 g/mol. The number of amides is 1. The number of carbonyl (C=O) groups excluding carboxylic acids is 1. The summed E-state index contributed by atoms with van der Waals surface area (Å²) in [6, 6.07) is 0. The van der Waals surface area contributed by atoms with Gasteiger partial charge in [-0.2, -0.15) is 0 Å². The summed E-state index contributed by atoms with van der Waals surface area (Å²) < 4.78 is 0.